The van der Waals surface area contributed by atoms with Gasteiger partial charge in [0.1, 0.15) is 21.9 Å². The fourth-order valence-corrected chi connectivity index (χ4v) is 2.96. The molecular formula is C16H7BrCl2F2N2. The zero-order valence-electron chi connectivity index (χ0n) is 11.3. The molecule has 0 N–H and O–H groups in total. The van der Waals surface area contributed by atoms with Gasteiger partial charge in [0.2, 0.25) is 0 Å². The molecule has 7 heteroatoms. The third kappa shape index (κ3) is 3.22. The third-order valence-corrected chi connectivity index (χ3v) is 4.22. The summed E-state index contributed by atoms with van der Waals surface area (Å²) in [6, 6.07) is 10.7. The molecule has 0 bridgehead atoms. The van der Waals surface area contributed by atoms with Crippen molar-refractivity contribution in [3.63, 3.8) is 0 Å². The molecule has 0 saturated heterocycles. The number of aromatic nitrogens is 2. The number of benzene rings is 2. The molecule has 0 aliphatic heterocycles. The molecule has 3 rings (SSSR count). The highest BCUT2D eigenvalue weighted by molar-refractivity contribution is 9.10. The van der Waals surface area contributed by atoms with E-state index in [4.69, 9.17) is 23.2 Å². The quantitative estimate of drug-likeness (QED) is 0.468. The molecule has 1 aromatic heterocycles. The molecule has 0 aliphatic rings. The molecule has 1 heterocycles. The highest BCUT2D eigenvalue weighted by Crippen LogP contribution is 2.35. The fourth-order valence-electron chi connectivity index (χ4n) is 2.09. The van der Waals surface area contributed by atoms with Crippen LogP contribution >= 0.6 is 39.1 Å². The molecule has 0 atom stereocenters. The lowest BCUT2D eigenvalue weighted by molar-refractivity contribution is 0.587. The summed E-state index contributed by atoms with van der Waals surface area (Å²) in [4.78, 5) is 8.01. The Morgan fingerprint density at radius 3 is 1.83 bits per heavy atom. The molecule has 2 aromatic carbocycles. The summed E-state index contributed by atoms with van der Waals surface area (Å²) in [7, 11) is 0. The summed E-state index contributed by atoms with van der Waals surface area (Å²) in [6.07, 6.45) is 0. The average molecular weight is 416 g/mol. The van der Waals surface area contributed by atoms with E-state index < -0.39 is 11.6 Å². The van der Waals surface area contributed by atoms with Crippen molar-refractivity contribution in [3.05, 3.63) is 68.9 Å². The highest BCUT2D eigenvalue weighted by Gasteiger charge is 2.19. The minimum atomic E-state index is -0.784. The van der Waals surface area contributed by atoms with E-state index >= 15 is 0 Å². The van der Waals surface area contributed by atoms with Crippen molar-refractivity contribution in [2.45, 2.75) is 0 Å². The lowest BCUT2D eigenvalue weighted by Crippen LogP contribution is -1.98. The van der Waals surface area contributed by atoms with Crippen LogP contribution in [0.2, 0.25) is 10.3 Å². The Bertz CT molecular complexity index is 842. The van der Waals surface area contributed by atoms with E-state index in [9.17, 15) is 8.78 Å². The Hall–Kier alpha value is -1.56. The predicted molar refractivity (Wildman–Crippen MR) is 90.5 cm³/mol. The molecular weight excluding hydrogens is 409 g/mol. The van der Waals surface area contributed by atoms with Crippen molar-refractivity contribution in [1.82, 2.24) is 9.97 Å². The van der Waals surface area contributed by atoms with E-state index in [1.807, 2.05) is 12.1 Å². The fraction of sp³-hybridized carbons (Fsp3) is 0. The van der Waals surface area contributed by atoms with Gasteiger partial charge in [-0.1, -0.05) is 57.3 Å². The van der Waals surface area contributed by atoms with Gasteiger partial charge < -0.3 is 0 Å². The highest BCUT2D eigenvalue weighted by atomic mass is 79.9. The van der Waals surface area contributed by atoms with E-state index in [-0.39, 0.29) is 21.7 Å². The second-order valence-electron chi connectivity index (χ2n) is 4.61. The number of hydrogen-bond acceptors (Lipinski definition) is 2. The topological polar surface area (TPSA) is 25.8 Å². The van der Waals surface area contributed by atoms with Gasteiger partial charge in [-0.15, -0.1) is 0 Å². The van der Waals surface area contributed by atoms with E-state index in [0.717, 1.165) is 16.6 Å². The summed E-state index contributed by atoms with van der Waals surface area (Å²) in [5.74, 6) is -1.77. The smallest absolute Gasteiger partial charge is 0.168 e. The molecule has 0 unspecified atom stereocenters. The van der Waals surface area contributed by atoms with Gasteiger partial charge in [-0.05, 0) is 29.8 Å². The maximum Gasteiger partial charge on any atom is 0.168 e. The van der Waals surface area contributed by atoms with Gasteiger partial charge in [-0.2, -0.15) is 0 Å². The molecule has 0 aliphatic carbocycles. The Kier molecular flexibility index (Phi) is 4.62. The summed E-state index contributed by atoms with van der Waals surface area (Å²) < 4.78 is 28.6. The van der Waals surface area contributed by atoms with Crippen LogP contribution in [0.15, 0.2) is 46.9 Å². The molecule has 0 amide bonds. The average Bonchev–Trinajstić information content (AvgIpc) is 2.48. The van der Waals surface area contributed by atoms with Crippen LogP contribution in [0.5, 0.6) is 0 Å². The van der Waals surface area contributed by atoms with Crippen LogP contribution < -0.4 is 0 Å². The zero-order chi connectivity index (χ0) is 16.6. The largest absolute Gasteiger partial charge is 0.215 e. The Labute approximate surface area is 149 Å². The van der Waals surface area contributed by atoms with Gasteiger partial charge in [-0.3, -0.25) is 0 Å². The van der Waals surface area contributed by atoms with Gasteiger partial charge in [-0.25, -0.2) is 18.7 Å². The van der Waals surface area contributed by atoms with Crippen LogP contribution in [-0.2, 0) is 0 Å². The second-order valence-corrected chi connectivity index (χ2v) is 6.24. The van der Waals surface area contributed by atoms with Gasteiger partial charge in [0, 0.05) is 4.47 Å². The third-order valence-electron chi connectivity index (χ3n) is 3.14. The molecule has 3 aromatic rings. The van der Waals surface area contributed by atoms with Crippen molar-refractivity contribution >= 4 is 39.1 Å². The minimum Gasteiger partial charge on any atom is -0.215 e. The van der Waals surface area contributed by atoms with Gasteiger partial charge >= 0.3 is 0 Å². The molecule has 2 nitrogen and oxygen atoms in total. The number of rotatable bonds is 2. The molecule has 23 heavy (non-hydrogen) atoms. The van der Waals surface area contributed by atoms with Crippen LogP contribution in [0, 0.1) is 11.6 Å². The summed E-state index contributed by atoms with van der Waals surface area (Å²) >= 11 is 15.7. The van der Waals surface area contributed by atoms with Crippen LogP contribution in [-0.4, -0.2) is 9.97 Å². The SMILES string of the molecule is Fc1cccc(F)c1-c1nc(Cl)c(-c2ccc(Br)cc2)c(Cl)n1. The lowest BCUT2D eigenvalue weighted by atomic mass is 10.1. The Morgan fingerprint density at radius 1 is 0.783 bits per heavy atom. The lowest BCUT2D eigenvalue weighted by Gasteiger charge is -2.10. The van der Waals surface area contributed by atoms with Crippen LogP contribution in [0.3, 0.4) is 0 Å². The maximum absolute atomic E-state index is 13.9. The van der Waals surface area contributed by atoms with Crippen LogP contribution in [0.1, 0.15) is 0 Å². The Balaban J connectivity index is 2.16. The van der Waals surface area contributed by atoms with E-state index in [2.05, 4.69) is 25.9 Å². The Morgan fingerprint density at radius 2 is 1.30 bits per heavy atom. The molecule has 0 radical (unpaired) electrons. The van der Waals surface area contributed by atoms with Crippen molar-refractivity contribution in [3.8, 4) is 22.5 Å². The number of halogens is 5. The first-order valence-corrected chi connectivity index (χ1v) is 7.95. The van der Waals surface area contributed by atoms with Gasteiger partial charge in [0.15, 0.2) is 5.82 Å². The first-order chi connectivity index (χ1) is 11.0. The standard InChI is InChI=1S/C16H7BrCl2F2N2/c17-9-6-4-8(5-7-9)12-14(18)22-16(23-15(12)19)13-10(20)2-1-3-11(13)21/h1-7H. The first kappa shape index (κ1) is 16.3. The minimum absolute atomic E-state index is 0.0185. The monoisotopic (exact) mass is 414 g/mol. The molecule has 116 valence electrons. The molecule has 0 spiro atoms. The van der Waals surface area contributed by atoms with Crippen LogP contribution in [0.4, 0.5) is 8.78 Å². The van der Waals surface area contributed by atoms with Crippen LogP contribution in [0.25, 0.3) is 22.5 Å². The number of hydrogen-bond donors (Lipinski definition) is 0. The van der Waals surface area contributed by atoms with Crippen molar-refractivity contribution in [2.24, 2.45) is 0 Å². The van der Waals surface area contributed by atoms with Crippen molar-refractivity contribution < 1.29 is 8.78 Å². The maximum atomic E-state index is 13.9. The van der Waals surface area contributed by atoms with Crippen molar-refractivity contribution in [2.75, 3.05) is 0 Å². The predicted octanol–water partition coefficient (Wildman–Crippen LogP) is 6.16. The van der Waals surface area contributed by atoms with Gasteiger partial charge in [0.25, 0.3) is 0 Å². The zero-order valence-corrected chi connectivity index (χ0v) is 14.4. The van der Waals surface area contributed by atoms with E-state index in [0.29, 0.717) is 11.1 Å². The van der Waals surface area contributed by atoms with Crippen molar-refractivity contribution in [1.29, 1.82) is 0 Å². The van der Waals surface area contributed by atoms with Gasteiger partial charge in [0.05, 0.1) is 11.1 Å². The summed E-state index contributed by atoms with van der Waals surface area (Å²) in [5.41, 5.74) is 0.740. The normalized spacial score (nSPS) is 10.8. The summed E-state index contributed by atoms with van der Waals surface area (Å²) in [5, 5.41) is 0.0370. The van der Waals surface area contributed by atoms with E-state index in [1.54, 1.807) is 12.1 Å². The molecule has 0 saturated carbocycles. The summed E-state index contributed by atoms with van der Waals surface area (Å²) in [6.45, 7) is 0. The first-order valence-electron chi connectivity index (χ1n) is 6.40. The molecule has 0 fully saturated rings. The number of nitrogens with zero attached hydrogens (tertiary/aromatic N) is 2. The van der Waals surface area contributed by atoms with E-state index in [1.165, 1.54) is 6.07 Å². The second kappa shape index (κ2) is 6.51.